The smallest absolute Gasteiger partial charge is 0.224 e. The highest BCUT2D eigenvalue weighted by molar-refractivity contribution is 5.79. The fourth-order valence-electron chi connectivity index (χ4n) is 2.61. The molecule has 0 spiro atoms. The predicted molar refractivity (Wildman–Crippen MR) is 80.8 cm³/mol. The van der Waals surface area contributed by atoms with Crippen LogP contribution in [0.1, 0.15) is 37.7 Å². The first-order chi connectivity index (χ1) is 10.2. The molecular weight excluding hydrogens is 269 g/mol. The van der Waals surface area contributed by atoms with Gasteiger partial charge in [0.05, 0.1) is 13.5 Å². The fraction of sp³-hybridized carbons (Fsp3) is 0.471. The van der Waals surface area contributed by atoms with E-state index >= 15 is 0 Å². The highest BCUT2D eigenvalue weighted by atomic mass is 19.1. The van der Waals surface area contributed by atoms with Gasteiger partial charge in [-0.2, -0.15) is 0 Å². The van der Waals surface area contributed by atoms with Gasteiger partial charge >= 0.3 is 0 Å². The van der Waals surface area contributed by atoms with E-state index in [2.05, 4.69) is 11.4 Å². The minimum Gasteiger partial charge on any atom is -0.496 e. The SMILES string of the molecule is COc1ccc(F)cc1CC(=O)NCCC1=CCCCC1. The third kappa shape index (κ3) is 4.88. The number of amides is 1. The van der Waals surface area contributed by atoms with E-state index in [0.717, 1.165) is 19.3 Å². The number of carbonyl (C=O) groups is 1. The molecule has 0 atom stereocenters. The number of hydrogen-bond acceptors (Lipinski definition) is 2. The van der Waals surface area contributed by atoms with Crippen molar-refractivity contribution in [1.29, 1.82) is 0 Å². The first-order valence-electron chi connectivity index (χ1n) is 7.46. The van der Waals surface area contributed by atoms with Crippen LogP contribution in [0.2, 0.25) is 0 Å². The minimum atomic E-state index is -0.356. The van der Waals surface area contributed by atoms with E-state index in [0.29, 0.717) is 17.9 Å². The van der Waals surface area contributed by atoms with Gasteiger partial charge in [0, 0.05) is 12.1 Å². The Kier molecular flexibility index (Phi) is 5.78. The van der Waals surface area contributed by atoms with E-state index in [1.807, 2.05) is 0 Å². The Labute approximate surface area is 125 Å². The second-order valence-corrected chi connectivity index (χ2v) is 5.34. The van der Waals surface area contributed by atoms with E-state index in [9.17, 15) is 9.18 Å². The zero-order valence-corrected chi connectivity index (χ0v) is 12.5. The maximum atomic E-state index is 13.2. The summed E-state index contributed by atoms with van der Waals surface area (Å²) in [6, 6.07) is 4.22. The molecule has 1 N–H and O–H groups in total. The number of carbonyl (C=O) groups excluding carboxylic acids is 1. The second-order valence-electron chi connectivity index (χ2n) is 5.34. The van der Waals surface area contributed by atoms with E-state index in [4.69, 9.17) is 4.74 Å². The highest BCUT2D eigenvalue weighted by Crippen LogP contribution is 2.20. The van der Waals surface area contributed by atoms with Crippen molar-refractivity contribution in [3.05, 3.63) is 41.2 Å². The van der Waals surface area contributed by atoms with Crippen molar-refractivity contribution in [3.63, 3.8) is 0 Å². The van der Waals surface area contributed by atoms with Gasteiger partial charge in [-0.3, -0.25) is 4.79 Å². The Balaban J connectivity index is 1.81. The summed E-state index contributed by atoms with van der Waals surface area (Å²) in [5.74, 6) is 0.0859. The number of methoxy groups -OCH3 is 1. The van der Waals surface area contributed by atoms with Crippen molar-refractivity contribution in [1.82, 2.24) is 5.32 Å². The lowest BCUT2D eigenvalue weighted by Gasteiger charge is -2.13. The molecule has 0 fully saturated rings. The summed E-state index contributed by atoms with van der Waals surface area (Å²) in [6.45, 7) is 0.641. The number of rotatable bonds is 6. The number of hydrogen-bond donors (Lipinski definition) is 1. The van der Waals surface area contributed by atoms with Gasteiger partial charge in [-0.1, -0.05) is 11.6 Å². The van der Waals surface area contributed by atoms with Crippen LogP contribution >= 0.6 is 0 Å². The lowest BCUT2D eigenvalue weighted by Crippen LogP contribution is -2.26. The Bertz CT molecular complexity index is 526. The predicted octanol–water partition coefficient (Wildman–Crippen LogP) is 3.38. The van der Waals surface area contributed by atoms with Crippen molar-refractivity contribution in [3.8, 4) is 5.75 Å². The Morgan fingerprint density at radius 2 is 2.24 bits per heavy atom. The summed E-state index contributed by atoms with van der Waals surface area (Å²) in [6.07, 6.45) is 8.16. The normalized spacial score (nSPS) is 14.5. The number of allylic oxidation sites excluding steroid dienone is 1. The molecule has 1 aromatic carbocycles. The van der Waals surface area contributed by atoms with Gasteiger partial charge in [0.15, 0.2) is 0 Å². The van der Waals surface area contributed by atoms with Crippen LogP contribution in [0.15, 0.2) is 29.8 Å². The molecule has 1 aliphatic carbocycles. The number of nitrogens with one attached hydrogen (secondary N) is 1. The van der Waals surface area contributed by atoms with Crippen molar-refractivity contribution in [2.75, 3.05) is 13.7 Å². The monoisotopic (exact) mass is 291 g/mol. The summed E-state index contributed by atoms with van der Waals surface area (Å²) in [5, 5.41) is 2.89. The maximum absolute atomic E-state index is 13.2. The molecule has 0 aromatic heterocycles. The Morgan fingerprint density at radius 3 is 2.95 bits per heavy atom. The average molecular weight is 291 g/mol. The van der Waals surface area contributed by atoms with Crippen LogP contribution < -0.4 is 10.1 Å². The number of benzene rings is 1. The zero-order valence-electron chi connectivity index (χ0n) is 12.5. The molecule has 2 rings (SSSR count). The zero-order chi connectivity index (χ0) is 15.1. The number of halogens is 1. The van der Waals surface area contributed by atoms with Crippen molar-refractivity contribution in [2.45, 2.75) is 38.5 Å². The molecule has 4 heteroatoms. The van der Waals surface area contributed by atoms with Crippen LogP contribution in [-0.2, 0) is 11.2 Å². The van der Waals surface area contributed by atoms with Gasteiger partial charge in [0.2, 0.25) is 5.91 Å². The third-order valence-corrected chi connectivity index (χ3v) is 3.75. The van der Waals surface area contributed by atoms with Crippen molar-refractivity contribution < 1.29 is 13.9 Å². The maximum Gasteiger partial charge on any atom is 0.224 e. The summed E-state index contributed by atoms with van der Waals surface area (Å²) in [4.78, 5) is 11.9. The molecule has 0 heterocycles. The molecule has 0 unspecified atom stereocenters. The van der Waals surface area contributed by atoms with Gasteiger partial charge in [0.25, 0.3) is 0 Å². The van der Waals surface area contributed by atoms with Gasteiger partial charge in [-0.05, 0) is 50.3 Å². The van der Waals surface area contributed by atoms with Crippen molar-refractivity contribution >= 4 is 5.91 Å². The molecule has 1 aliphatic rings. The molecule has 0 bridgehead atoms. The lowest BCUT2D eigenvalue weighted by atomic mass is 9.97. The molecule has 114 valence electrons. The van der Waals surface area contributed by atoms with Crippen LogP contribution in [0.4, 0.5) is 4.39 Å². The van der Waals surface area contributed by atoms with E-state index in [1.54, 1.807) is 6.07 Å². The Hall–Kier alpha value is -1.84. The summed E-state index contributed by atoms with van der Waals surface area (Å²) in [5.41, 5.74) is 2.01. The molecule has 3 nitrogen and oxygen atoms in total. The molecule has 21 heavy (non-hydrogen) atoms. The average Bonchev–Trinajstić information content (AvgIpc) is 2.48. The largest absolute Gasteiger partial charge is 0.496 e. The van der Waals surface area contributed by atoms with E-state index in [-0.39, 0.29) is 18.1 Å². The lowest BCUT2D eigenvalue weighted by molar-refractivity contribution is -0.120. The van der Waals surface area contributed by atoms with E-state index in [1.165, 1.54) is 37.7 Å². The Morgan fingerprint density at radius 1 is 1.38 bits per heavy atom. The van der Waals surface area contributed by atoms with Gasteiger partial charge < -0.3 is 10.1 Å². The molecule has 0 saturated carbocycles. The quantitative estimate of drug-likeness (QED) is 0.816. The van der Waals surface area contributed by atoms with E-state index < -0.39 is 0 Å². The van der Waals surface area contributed by atoms with Crippen LogP contribution in [0, 0.1) is 5.82 Å². The summed E-state index contributed by atoms with van der Waals surface area (Å²) < 4.78 is 18.4. The van der Waals surface area contributed by atoms with Crippen LogP contribution in [0.5, 0.6) is 5.75 Å². The van der Waals surface area contributed by atoms with Gasteiger partial charge in [0.1, 0.15) is 11.6 Å². The number of ether oxygens (including phenoxy) is 1. The first kappa shape index (κ1) is 15.5. The molecule has 0 saturated heterocycles. The molecule has 0 radical (unpaired) electrons. The second kappa shape index (κ2) is 7.81. The van der Waals surface area contributed by atoms with Crippen LogP contribution in [0.3, 0.4) is 0 Å². The minimum absolute atomic E-state index is 0.102. The fourth-order valence-corrected chi connectivity index (χ4v) is 2.61. The van der Waals surface area contributed by atoms with Crippen LogP contribution in [-0.4, -0.2) is 19.6 Å². The molecule has 1 amide bonds. The van der Waals surface area contributed by atoms with Crippen LogP contribution in [0.25, 0.3) is 0 Å². The third-order valence-electron chi connectivity index (χ3n) is 3.75. The van der Waals surface area contributed by atoms with Gasteiger partial charge in [-0.15, -0.1) is 0 Å². The molecule has 1 aromatic rings. The summed E-state index contributed by atoms with van der Waals surface area (Å²) in [7, 11) is 1.52. The molecular formula is C17H22FNO2. The van der Waals surface area contributed by atoms with Crippen molar-refractivity contribution in [2.24, 2.45) is 0 Å². The standard InChI is InChI=1S/C17H22FNO2/c1-21-16-8-7-15(18)11-14(16)12-17(20)19-10-9-13-5-3-2-4-6-13/h5,7-8,11H,2-4,6,9-10,12H2,1H3,(H,19,20). The first-order valence-corrected chi connectivity index (χ1v) is 7.46. The highest BCUT2D eigenvalue weighted by Gasteiger charge is 2.10. The molecule has 0 aliphatic heterocycles. The topological polar surface area (TPSA) is 38.3 Å². The van der Waals surface area contributed by atoms with Gasteiger partial charge in [-0.25, -0.2) is 4.39 Å². The summed E-state index contributed by atoms with van der Waals surface area (Å²) >= 11 is 0.